The monoisotopic (exact) mass is 303 g/mol. The van der Waals surface area contributed by atoms with Gasteiger partial charge < -0.3 is 0 Å². The number of thioether (sulfide) groups is 1. The Hall–Kier alpha value is -1.62. The number of aromatic nitrogens is 3. The van der Waals surface area contributed by atoms with E-state index in [4.69, 9.17) is 0 Å². The van der Waals surface area contributed by atoms with Crippen LogP contribution in [-0.2, 0) is 6.42 Å². The molecular weight excluding hydrogens is 282 g/mol. The van der Waals surface area contributed by atoms with E-state index < -0.39 is 0 Å². The molecule has 112 valence electrons. The molecule has 0 spiro atoms. The molecule has 0 radical (unpaired) electrons. The van der Waals surface area contributed by atoms with E-state index in [9.17, 15) is 4.79 Å². The highest BCUT2D eigenvalue weighted by Gasteiger charge is 2.19. The van der Waals surface area contributed by atoms with E-state index in [1.807, 2.05) is 31.2 Å². The number of ketones is 1. The summed E-state index contributed by atoms with van der Waals surface area (Å²) in [7, 11) is 0. The van der Waals surface area contributed by atoms with Gasteiger partial charge in [0.2, 0.25) is 5.16 Å². The predicted molar refractivity (Wildman–Crippen MR) is 85.9 cm³/mol. The van der Waals surface area contributed by atoms with E-state index in [0.717, 1.165) is 17.8 Å². The Morgan fingerprint density at radius 3 is 2.43 bits per heavy atom. The smallest absolute Gasteiger partial charge is 0.209 e. The van der Waals surface area contributed by atoms with Gasteiger partial charge in [0.1, 0.15) is 5.82 Å². The molecule has 0 aliphatic heterocycles. The molecule has 1 aromatic heterocycles. The molecule has 5 heteroatoms. The molecule has 21 heavy (non-hydrogen) atoms. The first-order chi connectivity index (χ1) is 10.0. The van der Waals surface area contributed by atoms with Crippen molar-refractivity contribution in [2.24, 2.45) is 0 Å². The van der Waals surface area contributed by atoms with Gasteiger partial charge in [-0.1, -0.05) is 56.8 Å². The van der Waals surface area contributed by atoms with E-state index in [1.54, 1.807) is 0 Å². The van der Waals surface area contributed by atoms with Crippen LogP contribution in [-0.4, -0.2) is 26.2 Å². The number of hydrogen-bond acceptors (Lipinski definition) is 4. The number of hydrogen-bond donors (Lipinski definition) is 1. The lowest BCUT2D eigenvalue weighted by molar-refractivity contribution is 0.0994. The predicted octanol–water partition coefficient (Wildman–Crippen LogP) is 3.85. The summed E-state index contributed by atoms with van der Waals surface area (Å²) in [6, 6.07) is 7.81. The van der Waals surface area contributed by atoms with Crippen LogP contribution >= 0.6 is 11.8 Å². The van der Waals surface area contributed by atoms with Gasteiger partial charge in [0.05, 0.1) is 5.25 Å². The molecule has 1 aromatic carbocycles. The number of Topliss-reactive ketones (excluding diaryl/α,β-unsaturated/α-hetero) is 1. The summed E-state index contributed by atoms with van der Waals surface area (Å²) in [4.78, 5) is 16.8. The van der Waals surface area contributed by atoms with Crippen molar-refractivity contribution in [3.8, 4) is 0 Å². The second-order valence-electron chi connectivity index (χ2n) is 5.33. The van der Waals surface area contributed by atoms with Gasteiger partial charge in [0, 0.05) is 11.5 Å². The Kier molecular flexibility index (Phi) is 5.17. The molecule has 0 fully saturated rings. The Labute approximate surface area is 129 Å². The molecule has 4 nitrogen and oxygen atoms in total. The van der Waals surface area contributed by atoms with Crippen LogP contribution in [0, 0.1) is 0 Å². The summed E-state index contributed by atoms with van der Waals surface area (Å²) in [5.74, 6) is 1.27. The summed E-state index contributed by atoms with van der Waals surface area (Å²) in [5.41, 5.74) is 1.98. The van der Waals surface area contributed by atoms with Crippen LogP contribution in [0.3, 0.4) is 0 Å². The van der Waals surface area contributed by atoms with Gasteiger partial charge in [0.15, 0.2) is 5.78 Å². The third kappa shape index (κ3) is 3.94. The van der Waals surface area contributed by atoms with Crippen molar-refractivity contribution in [3.05, 3.63) is 41.2 Å². The van der Waals surface area contributed by atoms with Crippen LogP contribution in [0.15, 0.2) is 29.4 Å². The number of nitrogens with zero attached hydrogens (tertiary/aromatic N) is 2. The highest BCUT2D eigenvalue weighted by molar-refractivity contribution is 8.00. The summed E-state index contributed by atoms with van der Waals surface area (Å²) in [6.07, 6.45) is 0.980. The van der Waals surface area contributed by atoms with Crippen molar-refractivity contribution in [1.82, 2.24) is 15.2 Å². The molecule has 2 aromatic rings. The van der Waals surface area contributed by atoms with Crippen LogP contribution in [0.5, 0.6) is 0 Å². The molecular formula is C16H21N3OS. The fraction of sp³-hybridized carbons (Fsp3) is 0.438. The number of aryl methyl sites for hydroxylation is 1. The first-order valence-electron chi connectivity index (χ1n) is 7.23. The third-order valence-corrected chi connectivity index (χ3v) is 4.29. The first-order valence-corrected chi connectivity index (χ1v) is 8.11. The highest BCUT2D eigenvalue weighted by atomic mass is 32.2. The lowest BCUT2D eigenvalue weighted by Crippen LogP contribution is -2.13. The van der Waals surface area contributed by atoms with Crippen molar-refractivity contribution in [1.29, 1.82) is 0 Å². The average molecular weight is 303 g/mol. The fourth-order valence-electron chi connectivity index (χ4n) is 1.92. The molecule has 1 unspecified atom stereocenters. The molecule has 0 saturated carbocycles. The summed E-state index contributed by atoms with van der Waals surface area (Å²) < 4.78 is 0. The molecule has 1 heterocycles. The molecule has 2 rings (SSSR count). The van der Waals surface area contributed by atoms with Crippen molar-refractivity contribution in [2.45, 2.75) is 50.4 Å². The Balaban J connectivity index is 2.04. The van der Waals surface area contributed by atoms with Gasteiger partial charge in [0.25, 0.3) is 0 Å². The molecule has 0 aliphatic carbocycles. The molecule has 0 saturated heterocycles. The SMILES string of the molecule is CCc1ccc(C(=O)C(C)Sc2n[nH]c(C(C)C)n2)cc1. The zero-order chi connectivity index (χ0) is 15.4. The standard InChI is InChI=1S/C16H21N3OS/c1-5-12-6-8-13(9-7-12)14(20)11(4)21-16-17-15(10(2)3)18-19-16/h6-11H,5H2,1-4H3,(H,17,18,19). The van der Waals surface area contributed by atoms with E-state index in [1.165, 1.54) is 17.3 Å². The number of aromatic amines is 1. The Bertz CT molecular complexity index is 604. The van der Waals surface area contributed by atoms with Crippen molar-refractivity contribution < 1.29 is 4.79 Å². The van der Waals surface area contributed by atoms with Gasteiger partial charge in [-0.2, -0.15) is 0 Å². The second kappa shape index (κ2) is 6.89. The lowest BCUT2D eigenvalue weighted by atomic mass is 10.1. The van der Waals surface area contributed by atoms with Crippen molar-refractivity contribution in [2.75, 3.05) is 0 Å². The van der Waals surface area contributed by atoms with Crippen molar-refractivity contribution in [3.63, 3.8) is 0 Å². The van der Waals surface area contributed by atoms with Gasteiger partial charge in [-0.15, -0.1) is 5.10 Å². The molecule has 1 N–H and O–H groups in total. The van der Waals surface area contributed by atoms with Crippen LogP contribution in [0.1, 0.15) is 55.4 Å². The van der Waals surface area contributed by atoms with E-state index in [2.05, 4.69) is 36.0 Å². The maximum Gasteiger partial charge on any atom is 0.209 e. The lowest BCUT2D eigenvalue weighted by Gasteiger charge is -2.08. The molecule has 0 bridgehead atoms. The number of rotatable bonds is 6. The minimum Gasteiger partial charge on any atom is -0.293 e. The zero-order valence-corrected chi connectivity index (χ0v) is 13.7. The zero-order valence-electron chi connectivity index (χ0n) is 12.9. The van der Waals surface area contributed by atoms with Crippen LogP contribution in [0.4, 0.5) is 0 Å². The minimum atomic E-state index is -0.201. The normalized spacial score (nSPS) is 12.6. The first kappa shape index (κ1) is 15.8. The largest absolute Gasteiger partial charge is 0.293 e. The number of carbonyl (C=O) groups is 1. The summed E-state index contributed by atoms with van der Waals surface area (Å²) >= 11 is 1.39. The van der Waals surface area contributed by atoms with Gasteiger partial charge in [-0.05, 0) is 18.9 Å². The fourth-order valence-corrected chi connectivity index (χ4v) is 2.73. The highest BCUT2D eigenvalue weighted by Crippen LogP contribution is 2.23. The van der Waals surface area contributed by atoms with Crippen LogP contribution in [0.2, 0.25) is 0 Å². The summed E-state index contributed by atoms with van der Waals surface area (Å²) in [6.45, 7) is 8.11. The number of carbonyl (C=O) groups excluding carboxylic acids is 1. The maximum absolute atomic E-state index is 12.4. The summed E-state index contributed by atoms with van der Waals surface area (Å²) in [5, 5.41) is 7.50. The van der Waals surface area contributed by atoms with Crippen LogP contribution < -0.4 is 0 Å². The maximum atomic E-state index is 12.4. The Morgan fingerprint density at radius 2 is 1.90 bits per heavy atom. The topological polar surface area (TPSA) is 58.6 Å². The third-order valence-electron chi connectivity index (χ3n) is 3.33. The van der Waals surface area contributed by atoms with Crippen LogP contribution in [0.25, 0.3) is 0 Å². The molecule has 0 amide bonds. The number of nitrogens with one attached hydrogen (secondary N) is 1. The minimum absolute atomic E-state index is 0.110. The van der Waals surface area contributed by atoms with Gasteiger partial charge >= 0.3 is 0 Å². The second-order valence-corrected chi connectivity index (χ2v) is 6.64. The Morgan fingerprint density at radius 1 is 1.24 bits per heavy atom. The molecule has 0 aliphatic rings. The quantitative estimate of drug-likeness (QED) is 0.650. The number of H-pyrrole nitrogens is 1. The van der Waals surface area contributed by atoms with E-state index >= 15 is 0 Å². The van der Waals surface area contributed by atoms with Gasteiger partial charge in [-0.3, -0.25) is 9.89 Å². The van der Waals surface area contributed by atoms with Gasteiger partial charge in [-0.25, -0.2) is 4.98 Å². The van der Waals surface area contributed by atoms with E-state index in [0.29, 0.717) is 11.1 Å². The molecule has 1 atom stereocenters. The average Bonchev–Trinajstić information content (AvgIpc) is 2.95. The van der Waals surface area contributed by atoms with E-state index in [-0.39, 0.29) is 11.0 Å². The van der Waals surface area contributed by atoms with Crippen molar-refractivity contribution >= 4 is 17.5 Å². The number of benzene rings is 1.